The molecule has 0 bridgehead atoms. The van der Waals surface area contributed by atoms with Crippen molar-refractivity contribution >= 4 is 92.5 Å². The second-order valence-electron chi connectivity index (χ2n) is 15.3. The first kappa shape index (κ1) is 32.4. The zero-order valence-electron chi connectivity index (χ0n) is 31.7. The minimum atomic E-state index is 0.384. The standard InChI is InChI=1S/C53H27N7/c1-55-51-44(30-13-4-2-5-14-30)37(25-54)52(60-42-28-56-26-38-32-17-8-9-18-33(32)39-27-57-29-43(60)48(39)47(38)42)45(31-15-6-3-7-16-31)53(51)59-40-22-12-21-35-34-19-10-11-20-36(34)50-49(46(35)40)41(59)23-24-58-50/h2-24,26-29H. The second-order valence-corrected chi connectivity index (χ2v) is 15.3. The Morgan fingerprint density at radius 3 is 1.60 bits per heavy atom. The minimum Gasteiger partial charge on any atom is -0.318 e. The van der Waals surface area contributed by atoms with Gasteiger partial charge in [-0.25, -0.2) is 4.85 Å². The molecule has 0 fully saturated rings. The Bertz CT molecular complexity index is 3620. The summed E-state index contributed by atoms with van der Waals surface area (Å²) >= 11 is 0. The Labute approximate surface area is 341 Å². The van der Waals surface area contributed by atoms with Gasteiger partial charge in [0.1, 0.15) is 6.07 Å². The summed E-state index contributed by atoms with van der Waals surface area (Å²) in [4.78, 5) is 19.2. The maximum absolute atomic E-state index is 11.7. The Kier molecular flexibility index (Phi) is 6.45. The minimum absolute atomic E-state index is 0.384. The zero-order valence-corrected chi connectivity index (χ0v) is 31.7. The van der Waals surface area contributed by atoms with Crippen LogP contribution in [0.25, 0.3) is 125 Å². The molecule has 60 heavy (non-hydrogen) atoms. The first-order chi connectivity index (χ1) is 29.8. The molecule has 5 aromatic heterocycles. The van der Waals surface area contributed by atoms with Crippen molar-refractivity contribution in [2.75, 3.05) is 0 Å². The van der Waals surface area contributed by atoms with Gasteiger partial charge in [0.25, 0.3) is 0 Å². The average molecular weight is 762 g/mol. The van der Waals surface area contributed by atoms with E-state index in [4.69, 9.17) is 21.5 Å². The fourth-order valence-electron chi connectivity index (χ4n) is 10.2. The second kappa shape index (κ2) is 11.9. The maximum Gasteiger partial charge on any atom is 0.220 e. The summed E-state index contributed by atoms with van der Waals surface area (Å²) in [7, 11) is 0. The molecule has 0 N–H and O–H groups in total. The molecule has 7 heteroatoms. The number of benzene rings is 8. The van der Waals surface area contributed by atoms with Gasteiger partial charge in [0.05, 0.1) is 63.5 Å². The molecule has 0 spiro atoms. The molecule has 13 aromatic rings. The van der Waals surface area contributed by atoms with Crippen LogP contribution < -0.4 is 0 Å². The first-order valence-electron chi connectivity index (χ1n) is 19.8. The number of fused-ring (bicyclic) bond motifs is 6. The summed E-state index contributed by atoms with van der Waals surface area (Å²) in [6.07, 6.45) is 9.57. The van der Waals surface area contributed by atoms with Gasteiger partial charge in [-0.3, -0.25) is 15.0 Å². The SMILES string of the molecule is [C-]#[N+]c1c(-c2ccccc2)c(C#N)c(-n2c3cncc4c5ccccc5c5cncc2c5c43)c(-c2ccccc2)c1-n1c2cccc3c4ccccc4c4nccc1c4c32. The Hall–Kier alpha value is -8.65. The van der Waals surface area contributed by atoms with Crippen LogP contribution in [0.1, 0.15) is 5.56 Å². The van der Waals surface area contributed by atoms with E-state index in [2.05, 4.69) is 105 Å². The highest BCUT2D eigenvalue weighted by Gasteiger charge is 2.33. The van der Waals surface area contributed by atoms with Crippen LogP contribution in [0.5, 0.6) is 0 Å². The van der Waals surface area contributed by atoms with Crippen molar-refractivity contribution < 1.29 is 0 Å². The highest BCUT2D eigenvalue weighted by atomic mass is 15.1. The van der Waals surface area contributed by atoms with E-state index in [1.807, 2.05) is 79.5 Å². The van der Waals surface area contributed by atoms with Crippen LogP contribution in [0.3, 0.4) is 0 Å². The summed E-state index contributed by atoms with van der Waals surface area (Å²) in [5.41, 5.74) is 9.57. The Morgan fingerprint density at radius 1 is 0.467 bits per heavy atom. The Morgan fingerprint density at radius 2 is 0.983 bits per heavy atom. The molecule has 274 valence electrons. The van der Waals surface area contributed by atoms with E-state index in [1.165, 1.54) is 0 Å². The van der Waals surface area contributed by atoms with Crippen LogP contribution in [-0.4, -0.2) is 24.1 Å². The fourth-order valence-corrected chi connectivity index (χ4v) is 10.2. The zero-order chi connectivity index (χ0) is 39.6. The number of hydrogen-bond acceptors (Lipinski definition) is 4. The molecular formula is C53H27N7. The molecule has 0 saturated carbocycles. The molecule has 0 aliphatic heterocycles. The third-order valence-corrected chi connectivity index (χ3v) is 12.5. The largest absolute Gasteiger partial charge is 0.318 e. The van der Waals surface area contributed by atoms with E-state index < -0.39 is 0 Å². The first-order valence-corrected chi connectivity index (χ1v) is 19.8. The number of nitriles is 1. The molecule has 0 aliphatic carbocycles. The molecule has 7 nitrogen and oxygen atoms in total. The van der Waals surface area contributed by atoms with Crippen molar-refractivity contribution in [2.24, 2.45) is 0 Å². The van der Waals surface area contributed by atoms with Crippen molar-refractivity contribution in [1.29, 1.82) is 5.26 Å². The molecule has 0 atom stereocenters. The molecule has 0 saturated heterocycles. The van der Waals surface area contributed by atoms with Gasteiger partial charge in [-0.2, -0.15) is 5.26 Å². The lowest BCUT2D eigenvalue weighted by Crippen LogP contribution is -2.09. The summed E-state index contributed by atoms with van der Waals surface area (Å²) in [5, 5.41) is 23.5. The van der Waals surface area contributed by atoms with Crippen molar-refractivity contribution in [1.82, 2.24) is 24.1 Å². The van der Waals surface area contributed by atoms with E-state index in [0.717, 1.165) is 104 Å². The van der Waals surface area contributed by atoms with Crippen LogP contribution in [0.2, 0.25) is 0 Å². The van der Waals surface area contributed by atoms with E-state index in [0.29, 0.717) is 28.2 Å². The number of pyridine rings is 3. The quantitative estimate of drug-likeness (QED) is 0.132. The van der Waals surface area contributed by atoms with Crippen molar-refractivity contribution in [3.8, 4) is 39.7 Å². The van der Waals surface area contributed by atoms with Crippen LogP contribution in [0.4, 0.5) is 5.69 Å². The fraction of sp³-hybridized carbons (Fsp3) is 0. The van der Waals surface area contributed by atoms with Crippen LogP contribution in [0.15, 0.2) is 164 Å². The van der Waals surface area contributed by atoms with Crippen LogP contribution >= 0.6 is 0 Å². The van der Waals surface area contributed by atoms with Crippen molar-refractivity contribution in [2.45, 2.75) is 0 Å². The number of hydrogen-bond donors (Lipinski definition) is 0. The lowest BCUT2D eigenvalue weighted by molar-refractivity contribution is 1.12. The molecule has 5 heterocycles. The highest BCUT2D eigenvalue weighted by Crippen LogP contribution is 2.54. The van der Waals surface area contributed by atoms with Crippen molar-refractivity contribution in [3.63, 3.8) is 0 Å². The lowest BCUT2D eigenvalue weighted by atomic mass is 9.88. The van der Waals surface area contributed by atoms with Crippen LogP contribution in [0, 0.1) is 17.9 Å². The van der Waals surface area contributed by atoms with Gasteiger partial charge >= 0.3 is 0 Å². The predicted octanol–water partition coefficient (Wildman–Crippen LogP) is 13.3. The van der Waals surface area contributed by atoms with Gasteiger partial charge in [0, 0.05) is 67.4 Å². The van der Waals surface area contributed by atoms with Gasteiger partial charge in [-0.1, -0.05) is 121 Å². The smallest absolute Gasteiger partial charge is 0.220 e. The molecular weight excluding hydrogens is 735 g/mol. The monoisotopic (exact) mass is 761 g/mol. The van der Waals surface area contributed by atoms with Gasteiger partial charge in [0.15, 0.2) is 0 Å². The summed E-state index contributed by atoms with van der Waals surface area (Å²) in [6, 6.07) is 48.1. The molecule has 0 unspecified atom stereocenters. The molecule has 0 aliphatic rings. The maximum atomic E-state index is 11.7. The highest BCUT2D eigenvalue weighted by molar-refractivity contribution is 6.35. The van der Waals surface area contributed by atoms with E-state index in [-0.39, 0.29) is 0 Å². The summed E-state index contributed by atoms with van der Waals surface area (Å²) in [6.45, 7) is 9.14. The van der Waals surface area contributed by atoms with Crippen LogP contribution in [-0.2, 0) is 0 Å². The number of aromatic nitrogens is 5. The van der Waals surface area contributed by atoms with E-state index in [9.17, 15) is 5.26 Å². The molecule has 0 amide bonds. The predicted molar refractivity (Wildman–Crippen MR) is 243 cm³/mol. The van der Waals surface area contributed by atoms with Gasteiger partial charge < -0.3 is 9.13 Å². The third-order valence-electron chi connectivity index (χ3n) is 12.5. The molecule has 8 aromatic carbocycles. The average Bonchev–Trinajstić information content (AvgIpc) is 3.84. The van der Waals surface area contributed by atoms with Gasteiger partial charge in [-0.05, 0) is 44.8 Å². The summed E-state index contributed by atoms with van der Waals surface area (Å²) < 4.78 is 4.45. The van der Waals surface area contributed by atoms with Gasteiger partial charge in [-0.15, -0.1) is 0 Å². The summed E-state index contributed by atoms with van der Waals surface area (Å²) in [5.74, 6) is 0. The molecule has 13 rings (SSSR count). The van der Waals surface area contributed by atoms with Crippen molar-refractivity contribution in [3.05, 3.63) is 181 Å². The topological polar surface area (TPSA) is 76.7 Å². The lowest BCUT2D eigenvalue weighted by Gasteiger charge is -2.25. The Balaban J connectivity index is 1.33. The van der Waals surface area contributed by atoms with Gasteiger partial charge in [0.2, 0.25) is 5.69 Å². The van der Waals surface area contributed by atoms with E-state index >= 15 is 0 Å². The molecule has 0 radical (unpaired) electrons. The number of nitrogens with zero attached hydrogens (tertiary/aromatic N) is 7. The van der Waals surface area contributed by atoms with E-state index in [1.54, 1.807) is 0 Å². The normalized spacial score (nSPS) is 12.0. The number of rotatable bonds is 4. The third kappa shape index (κ3) is 4.02.